The van der Waals surface area contributed by atoms with Crippen molar-refractivity contribution in [1.29, 1.82) is 0 Å². The van der Waals surface area contributed by atoms with Crippen LogP contribution >= 0.6 is 11.6 Å². The summed E-state index contributed by atoms with van der Waals surface area (Å²) in [6.45, 7) is 2.62. The Balaban J connectivity index is 1.72. The normalized spacial score (nSPS) is 20.4. The molecule has 0 radical (unpaired) electrons. The van der Waals surface area contributed by atoms with Gasteiger partial charge >= 0.3 is 0 Å². The Morgan fingerprint density at radius 1 is 1.13 bits per heavy atom. The van der Waals surface area contributed by atoms with E-state index in [4.69, 9.17) is 11.6 Å². The highest BCUT2D eigenvalue weighted by Crippen LogP contribution is 2.39. The first-order valence-electron chi connectivity index (χ1n) is 7.84. The fraction of sp³-hybridized carbons (Fsp3) is 0.333. The maximum atomic E-state index is 12.4. The van der Waals surface area contributed by atoms with Gasteiger partial charge in [-0.25, -0.2) is 13.1 Å². The SMILES string of the molecule is CCC1c2ccccc2CC1CNS(=O)(=O)c1ccc(Cl)cc1. The minimum absolute atomic E-state index is 0.255. The molecular weight excluding hydrogens is 330 g/mol. The van der Waals surface area contributed by atoms with E-state index in [1.807, 2.05) is 6.07 Å². The summed E-state index contributed by atoms with van der Waals surface area (Å²) in [6.07, 6.45) is 1.95. The van der Waals surface area contributed by atoms with Crippen LogP contribution in [0.25, 0.3) is 0 Å². The summed E-state index contributed by atoms with van der Waals surface area (Å²) in [7, 11) is -3.49. The van der Waals surface area contributed by atoms with Gasteiger partial charge in [0.2, 0.25) is 10.0 Å². The van der Waals surface area contributed by atoms with Crippen molar-refractivity contribution in [2.24, 2.45) is 5.92 Å². The second-order valence-corrected chi connectivity index (χ2v) is 8.19. The van der Waals surface area contributed by atoms with E-state index in [1.54, 1.807) is 12.1 Å². The number of benzene rings is 2. The molecule has 1 aliphatic carbocycles. The van der Waals surface area contributed by atoms with Crippen LogP contribution in [0.5, 0.6) is 0 Å². The molecule has 0 bridgehead atoms. The van der Waals surface area contributed by atoms with Gasteiger partial charge < -0.3 is 0 Å². The van der Waals surface area contributed by atoms with Gasteiger partial charge in [-0.1, -0.05) is 42.8 Å². The first-order valence-corrected chi connectivity index (χ1v) is 9.70. The van der Waals surface area contributed by atoms with Gasteiger partial charge in [-0.15, -0.1) is 0 Å². The Hall–Kier alpha value is -1.36. The van der Waals surface area contributed by atoms with E-state index in [1.165, 1.54) is 23.3 Å². The molecule has 3 rings (SSSR count). The summed E-state index contributed by atoms with van der Waals surface area (Å²) in [4.78, 5) is 0.255. The molecule has 0 heterocycles. The average Bonchev–Trinajstić information content (AvgIpc) is 2.91. The number of hydrogen-bond acceptors (Lipinski definition) is 2. The Morgan fingerprint density at radius 3 is 2.52 bits per heavy atom. The minimum atomic E-state index is -3.49. The van der Waals surface area contributed by atoms with Crippen molar-refractivity contribution in [2.75, 3.05) is 6.54 Å². The molecule has 0 spiro atoms. The van der Waals surface area contributed by atoms with E-state index >= 15 is 0 Å². The summed E-state index contributed by atoms with van der Waals surface area (Å²) in [5.74, 6) is 0.721. The highest BCUT2D eigenvalue weighted by atomic mass is 35.5. The lowest BCUT2D eigenvalue weighted by atomic mass is 9.90. The molecule has 2 aromatic carbocycles. The van der Waals surface area contributed by atoms with Crippen molar-refractivity contribution < 1.29 is 8.42 Å². The third-order valence-corrected chi connectivity index (χ3v) is 6.30. The van der Waals surface area contributed by atoms with Crippen molar-refractivity contribution >= 4 is 21.6 Å². The zero-order chi connectivity index (χ0) is 16.4. The fourth-order valence-corrected chi connectivity index (χ4v) is 4.66. The van der Waals surface area contributed by atoms with E-state index in [2.05, 4.69) is 29.8 Å². The summed E-state index contributed by atoms with van der Waals surface area (Å²) >= 11 is 5.82. The van der Waals surface area contributed by atoms with Crippen LogP contribution in [-0.4, -0.2) is 15.0 Å². The summed E-state index contributed by atoms with van der Waals surface area (Å²) in [5.41, 5.74) is 2.71. The molecule has 0 aliphatic heterocycles. The standard InChI is InChI=1S/C18H20ClNO2S/c1-2-17-14(11-13-5-3-4-6-18(13)17)12-20-23(21,22)16-9-7-15(19)8-10-16/h3-10,14,17,20H,2,11-12H2,1H3. The summed E-state index contributed by atoms with van der Waals surface area (Å²) in [6, 6.07) is 14.7. The second kappa shape index (κ2) is 6.63. The molecule has 122 valence electrons. The predicted molar refractivity (Wildman–Crippen MR) is 93.3 cm³/mol. The van der Waals surface area contributed by atoms with Gasteiger partial charge in [0.05, 0.1) is 4.90 Å². The monoisotopic (exact) mass is 349 g/mol. The van der Waals surface area contributed by atoms with E-state index in [-0.39, 0.29) is 4.90 Å². The Morgan fingerprint density at radius 2 is 1.83 bits per heavy atom. The van der Waals surface area contributed by atoms with Crippen LogP contribution in [0, 0.1) is 5.92 Å². The zero-order valence-corrected chi connectivity index (χ0v) is 14.6. The number of rotatable bonds is 5. The van der Waals surface area contributed by atoms with Crippen LogP contribution in [0.15, 0.2) is 53.4 Å². The maximum absolute atomic E-state index is 12.4. The first kappa shape index (κ1) is 16.5. The van der Waals surface area contributed by atoms with Gasteiger partial charge in [0.15, 0.2) is 0 Å². The van der Waals surface area contributed by atoms with Gasteiger partial charge in [-0.3, -0.25) is 0 Å². The van der Waals surface area contributed by atoms with Crippen LogP contribution in [0.3, 0.4) is 0 Å². The zero-order valence-electron chi connectivity index (χ0n) is 13.0. The van der Waals surface area contributed by atoms with Crippen molar-refractivity contribution in [3.63, 3.8) is 0 Å². The second-order valence-electron chi connectivity index (χ2n) is 5.98. The largest absolute Gasteiger partial charge is 0.240 e. The number of sulfonamides is 1. The topological polar surface area (TPSA) is 46.2 Å². The highest BCUT2D eigenvalue weighted by Gasteiger charge is 2.31. The van der Waals surface area contributed by atoms with Crippen molar-refractivity contribution in [1.82, 2.24) is 4.72 Å². The minimum Gasteiger partial charge on any atom is -0.211 e. The predicted octanol–water partition coefficient (Wildman–Crippen LogP) is 3.98. The molecule has 1 N–H and O–H groups in total. The molecule has 1 aliphatic rings. The summed E-state index contributed by atoms with van der Waals surface area (Å²) in [5, 5.41) is 0.529. The third-order valence-electron chi connectivity index (χ3n) is 4.61. The van der Waals surface area contributed by atoms with Gasteiger partial charge in [0.25, 0.3) is 0 Å². The lowest BCUT2D eigenvalue weighted by Gasteiger charge is -2.19. The van der Waals surface area contributed by atoms with E-state index in [0.717, 1.165) is 12.8 Å². The molecule has 0 saturated heterocycles. The molecule has 2 unspecified atom stereocenters. The van der Waals surface area contributed by atoms with E-state index in [9.17, 15) is 8.42 Å². The molecule has 2 aromatic rings. The molecule has 0 fully saturated rings. The van der Waals surface area contributed by atoms with Crippen LogP contribution < -0.4 is 4.72 Å². The molecule has 23 heavy (non-hydrogen) atoms. The van der Waals surface area contributed by atoms with Crippen LogP contribution in [0.4, 0.5) is 0 Å². The lowest BCUT2D eigenvalue weighted by molar-refractivity contribution is 0.439. The Labute approximate surface area is 142 Å². The Bertz CT molecular complexity index is 787. The lowest BCUT2D eigenvalue weighted by Crippen LogP contribution is -2.31. The quantitative estimate of drug-likeness (QED) is 0.887. The molecule has 5 heteroatoms. The number of hydrogen-bond donors (Lipinski definition) is 1. The number of halogens is 1. The Kier molecular flexibility index (Phi) is 4.76. The smallest absolute Gasteiger partial charge is 0.211 e. The molecule has 0 aromatic heterocycles. The maximum Gasteiger partial charge on any atom is 0.240 e. The number of nitrogens with one attached hydrogen (secondary N) is 1. The molecule has 2 atom stereocenters. The van der Waals surface area contributed by atoms with Gasteiger partial charge in [-0.05, 0) is 60.1 Å². The van der Waals surface area contributed by atoms with Crippen molar-refractivity contribution in [3.8, 4) is 0 Å². The van der Waals surface area contributed by atoms with Gasteiger partial charge in [0.1, 0.15) is 0 Å². The van der Waals surface area contributed by atoms with Crippen LogP contribution in [0.1, 0.15) is 30.4 Å². The first-order chi connectivity index (χ1) is 11.0. The number of fused-ring (bicyclic) bond motifs is 1. The van der Waals surface area contributed by atoms with Gasteiger partial charge in [-0.2, -0.15) is 0 Å². The summed E-state index contributed by atoms with van der Waals surface area (Å²) < 4.78 is 27.6. The van der Waals surface area contributed by atoms with Crippen molar-refractivity contribution in [3.05, 3.63) is 64.7 Å². The molecule has 0 saturated carbocycles. The third kappa shape index (κ3) is 3.44. The molecular formula is C18H20ClNO2S. The van der Waals surface area contributed by atoms with Crippen LogP contribution in [0.2, 0.25) is 5.02 Å². The van der Waals surface area contributed by atoms with Crippen molar-refractivity contribution in [2.45, 2.75) is 30.6 Å². The average molecular weight is 350 g/mol. The van der Waals surface area contributed by atoms with Gasteiger partial charge in [0, 0.05) is 11.6 Å². The van der Waals surface area contributed by atoms with E-state index in [0.29, 0.717) is 23.4 Å². The van der Waals surface area contributed by atoms with E-state index < -0.39 is 10.0 Å². The highest BCUT2D eigenvalue weighted by molar-refractivity contribution is 7.89. The van der Waals surface area contributed by atoms with Crippen LogP contribution in [-0.2, 0) is 16.4 Å². The molecule has 3 nitrogen and oxygen atoms in total. The molecule has 0 amide bonds. The fourth-order valence-electron chi connectivity index (χ4n) is 3.44.